The van der Waals surface area contributed by atoms with Crippen molar-refractivity contribution in [2.45, 2.75) is 24.9 Å². The van der Waals surface area contributed by atoms with Crippen LogP contribution in [-0.4, -0.2) is 27.7 Å². The van der Waals surface area contributed by atoms with Gasteiger partial charge < -0.3 is 4.90 Å². The second-order valence-corrected chi connectivity index (χ2v) is 7.14. The summed E-state index contributed by atoms with van der Waals surface area (Å²) >= 11 is 6.33. The van der Waals surface area contributed by atoms with Gasteiger partial charge in [-0.15, -0.1) is 10.2 Å². The third-order valence-electron chi connectivity index (χ3n) is 4.97. The van der Waals surface area contributed by atoms with Crippen LogP contribution in [-0.2, 0) is 6.18 Å². The predicted octanol–water partition coefficient (Wildman–Crippen LogP) is 4.66. The zero-order valence-electron chi connectivity index (χ0n) is 14.6. The van der Waals surface area contributed by atoms with E-state index >= 15 is 0 Å². The number of nitriles is 1. The van der Waals surface area contributed by atoms with Gasteiger partial charge in [-0.3, -0.25) is 4.40 Å². The second-order valence-electron chi connectivity index (χ2n) is 6.73. The van der Waals surface area contributed by atoms with Gasteiger partial charge in [-0.1, -0.05) is 17.7 Å². The van der Waals surface area contributed by atoms with Crippen molar-refractivity contribution in [1.82, 2.24) is 14.6 Å². The number of alkyl halides is 3. The molecule has 0 aliphatic carbocycles. The van der Waals surface area contributed by atoms with Crippen LogP contribution in [0.15, 0.2) is 36.5 Å². The number of halogens is 4. The van der Waals surface area contributed by atoms with Crippen LogP contribution in [0, 0.1) is 11.3 Å². The van der Waals surface area contributed by atoms with E-state index in [4.69, 9.17) is 11.6 Å². The van der Waals surface area contributed by atoms with E-state index in [0.717, 1.165) is 25.1 Å². The summed E-state index contributed by atoms with van der Waals surface area (Å²) in [5, 5.41) is 18.1. The van der Waals surface area contributed by atoms with Crippen LogP contribution in [0.4, 0.5) is 18.9 Å². The highest BCUT2D eigenvalue weighted by Crippen LogP contribution is 2.36. The Balaban J connectivity index is 1.70. The first-order valence-corrected chi connectivity index (χ1v) is 9.11. The van der Waals surface area contributed by atoms with Gasteiger partial charge in [0.1, 0.15) is 11.9 Å². The van der Waals surface area contributed by atoms with Crippen LogP contribution >= 0.6 is 11.6 Å². The molecule has 144 valence electrons. The van der Waals surface area contributed by atoms with Gasteiger partial charge in [0.05, 0.1) is 21.8 Å². The van der Waals surface area contributed by atoms with Gasteiger partial charge in [-0.2, -0.15) is 18.4 Å². The van der Waals surface area contributed by atoms with E-state index in [1.807, 2.05) is 4.90 Å². The lowest BCUT2D eigenvalue weighted by Gasteiger charge is -2.34. The molecule has 0 amide bonds. The van der Waals surface area contributed by atoms with Crippen molar-refractivity contribution in [3.05, 3.63) is 58.5 Å². The molecular formula is C19H15ClF3N5. The molecule has 3 aromatic rings. The zero-order chi connectivity index (χ0) is 19.9. The predicted molar refractivity (Wildman–Crippen MR) is 98.3 cm³/mol. The van der Waals surface area contributed by atoms with E-state index in [1.54, 1.807) is 18.2 Å². The number of fused-ring (bicyclic) bond motifs is 1. The Bertz CT molecular complexity index is 1070. The summed E-state index contributed by atoms with van der Waals surface area (Å²) in [6.45, 7) is 1.20. The normalized spacial score (nSPS) is 17.7. The molecule has 1 aromatic carbocycles. The molecule has 1 unspecified atom stereocenters. The second kappa shape index (κ2) is 6.99. The Morgan fingerprint density at radius 1 is 1.18 bits per heavy atom. The molecule has 28 heavy (non-hydrogen) atoms. The maximum Gasteiger partial charge on any atom is 0.417 e. The van der Waals surface area contributed by atoms with Crippen molar-refractivity contribution in [2.75, 3.05) is 18.0 Å². The van der Waals surface area contributed by atoms with Gasteiger partial charge in [0.15, 0.2) is 5.65 Å². The summed E-state index contributed by atoms with van der Waals surface area (Å²) < 4.78 is 40.7. The van der Waals surface area contributed by atoms with Crippen molar-refractivity contribution >= 4 is 22.9 Å². The third-order valence-corrected chi connectivity index (χ3v) is 5.27. The average Bonchev–Trinajstić information content (AvgIpc) is 3.10. The van der Waals surface area contributed by atoms with E-state index in [2.05, 4.69) is 16.3 Å². The number of pyridine rings is 1. The molecule has 5 nitrogen and oxygen atoms in total. The van der Waals surface area contributed by atoms with Crippen molar-refractivity contribution in [1.29, 1.82) is 5.26 Å². The number of aromatic nitrogens is 3. The fraction of sp³-hybridized carbons (Fsp3) is 0.316. The Kier molecular flexibility index (Phi) is 4.63. The third kappa shape index (κ3) is 3.27. The van der Waals surface area contributed by atoms with Crippen LogP contribution < -0.4 is 4.90 Å². The van der Waals surface area contributed by atoms with Crippen LogP contribution in [0.25, 0.3) is 5.65 Å². The fourth-order valence-electron chi connectivity index (χ4n) is 3.67. The van der Waals surface area contributed by atoms with Crippen LogP contribution in [0.1, 0.15) is 35.7 Å². The topological polar surface area (TPSA) is 57.2 Å². The lowest BCUT2D eigenvalue weighted by molar-refractivity contribution is -0.137. The first kappa shape index (κ1) is 18.6. The van der Waals surface area contributed by atoms with E-state index in [0.29, 0.717) is 40.8 Å². The number of benzene rings is 1. The number of rotatable bonds is 2. The van der Waals surface area contributed by atoms with Crippen molar-refractivity contribution < 1.29 is 13.2 Å². The monoisotopic (exact) mass is 405 g/mol. The molecule has 1 aliphatic rings. The number of para-hydroxylation sites is 1. The molecular weight excluding hydrogens is 391 g/mol. The van der Waals surface area contributed by atoms with Gasteiger partial charge in [-0.25, -0.2) is 0 Å². The van der Waals surface area contributed by atoms with E-state index < -0.39 is 11.7 Å². The first-order chi connectivity index (χ1) is 13.4. The molecule has 1 fully saturated rings. The van der Waals surface area contributed by atoms with Crippen LogP contribution in [0.5, 0.6) is 0 Å². The molecule has 1 atom stereocenters. The smallest absolute Gasteiger partial charge is 0.369 e. The zero-order valence-corrected chi connectivity index (χ0v) is 15.4. The molecule has 0 N–H and O–H groups in total. The van der Waals surface area contributed by atoms with Crippen LogP contribution in [0.3, 0.4) is 0 Å². The number of nitrogens with zero attached hydrogens (tertiary/aromatic N) is 5. The maximum absolute atomic E-state index is 13.1. The van der Waals surface area contributed by atoms with Crippen molar-refractivity contribution in [2.24, 2.45) is 0 Å². The summed E-state index contributed by atoms with van der Waals surface area (Å²) in [5.74, 6) is 0.353. The van der Waals surface area contributed by atoms with E-state index in [-0.39, 0.29) is 5.92 Å². The standard InChI is InChI=1S/C19H15ClF3N5/c20-15-5-1-3-12(9-24)17(15)27-8-2-4-13(10-27)18-26-25-16-7-6-14(11-28(16)18)19(21,22)23/h1,3,5-7,11,13H,2,4,8,10H2. The van der Waals surface area contributed by atoms with Crippen molar-refractivity contribution in [3.8, 4) is 6.07 Å². The summed E-state index contributed by atoms with van der Waals surface area (Å²) in [4.78, 5) is 2.00. The lowest BCUT2D eigenvalue weighted by atomic mass is 9.96. The van der Waals surface area contributed by atoms with E-state index in [9.17, 15) is 18.4 Å². The quantitative estimate of drug-likeness (QED) is 0.622. The summed E-state index contributed by atoms with van der Waals surface area (Å²) in [7, 11) is 0. The highest BCUT2D eigenvalue weighted by atomic mass is 35.5. The molecule has 2 aromatic heterocycles. The Labute approximate surface area is 164 Å². The van der Waals surface area contributed by atoms with Gasteiger partial charge in [-0.05, 0) is 37.1 Å². The number of piperidine rings is 1. The average molecular weight is 406 g/mol. The molecule has 0 bridgehead atoms. The largest absolute Gasteiger partial charge is 0.417 e. The minimum atomic E-state index is -4.44. The Morgan fingerprint density at radius 3 is 2.75 bits per heavy atom. The number of hydrogen-bond acceptors (Lipinski definition) is 4. The van der Waals surface area contributed by atoms with Gasteiger partial charge in [0, 0.05) is 25.2 Å². The molecule has 3 heterocycles. The molecule has 9 heteroatoms. The summed E-state index contributed by atoms with van der Waals surface area (Å²) in [6.07, 6.45) is -1.83. The molecule has 0 saturated carbocycles. The summed E-state index contributed by atoms with van der Waals surface area (Å²) in [6, 6.07) is 9.62. The first-order valence-electron chi connectivity index (χ1n) is 8.74. The molecule has 1 saturated heterocycles. The van der Waals surface area contributed by atoms with Crippen molar-refractivity contribution in [3.63, 3.8) is 0 Å². The summed E-state index contributed by atoms with van der Waals surface area (Å²) in [5.41, 5.74) is 0.752. The van der Waals surface area contributed by atoms with Gasteiger partial charge >= 0.3 is 6.18 Å². The SMILES string of the molecule is N#Cc1cccc(Cl)c1N1CCCC(c2nnc3ccc(C(F)(F)F)cn23)C1. The highest BCUT2D eigenvalue weighted by molar-refractivity contribution is 6.33. The van der Waals surface area contributed by atoms with E-state index in [1.165, 1.54) is 10.5 Å². The molecule has 0 spiro atoms. The lowest BCUT2D eigenvalue weighted by Crippen LogP contribution is -2.35. The van der Waals surface area contributed by atoms with Gasteiger partial charge in [0.25, 0.3) is 0 Å². The molecule has 1 aliphatic heterocycles. The highest BCUT2D eigenvalue weighted by Gasteiger charge is 2.32. The fourth-order valence-corrected chi connectivity index (χ4v) is 3.97. The van der Waals surface area contributed by atoms with Crippen LogP contribution in [0.2, 0.25) is 5.02 Å². The Hall–Kier alpha value is -2.79. The number of anilines is 1. The minimum absolute atomic E-state index is 0.130. The molecule has 4 rings (SSSR count). The maximum atomic E-state index is 13.1. The minimum Gasteiger partial charge on any atom is -0.369 e. The van der Waals surface area contributed by atoms with Gasteiger partial charge in [0.2, 0.25) is 0 Å². The molecule has 0 radical (unpaired) electrons. The Morgan fingerprint density at radius 2 is 2.00 bits per heavy atom. The number of hydrogen-bond donors (Lipinski definition) is 0.